The molecule has 0 aromatic carbocycles. The van der Waals surface area contributed by atoms with Crippen molar-refractivity contribution in [1.29, 1.82) is 0 Å². The number of pyridine rings is 1. The molecule has 60 valence electrons. The van der Waals surface area contributed by atoms with Crippen molar-refractivity contribution in [2.75, 3.05) is 5.32 Å². The highest BCUT2D eigenvalue weighted by molar-refractivity contribution is 7.81. The van der Waals surface area contributed by atoms with E-state index >= 15 is 0 Å². The van der Waals surface area contributed by atoms with E-state index in [1.807, 2.05) is 26.0 Å². The monoisotopic (exact) mass is 168 g/mol. The summed E-state index contributed by atoms with van der Waals surface area (Å²) < 4.78 is 0. The van der Waals surface area contributed by atoms with Gasteiger partial charge in [-0.15, -0.1) is 0 Å². The normalized spacial score (nSPS) is 11.2. The van der Waals surface area contributed by atoms with Crippen molar-refractivity contribution in [3.8, 4) is 0 Å². The summed E-state index contributed by atoms with van der Waals surface area (Å²) >= 11 is 4.33. The lowest BCUT2D eigenvalue weighted by Gasteiger charge is -2.20. The summed E-state index contributed by atoms with van der Waals surface area (Å²) in [5.41, 5.74) is 0.993. The van der Waals surface area contributed by atoms with Crippen LogP contribution in [-0.4, -0.2) is 9.85 Å². The Labute approximate surface area is 72.5 Å². The summed E-state index contributed by atoms with van der Waals surface area (Å²) in [5, 5.41) is 3.18. The van der Waals surface area contributed by atoms with E-state index in [-0.39, 0.29) is 4.87 Å². The van der Waals surface area contributed by atoms with Crippen LogP contribution in [0.2, 0.25) is 0 Å². The fraction of sp³-hybridized carbons (Fsp3) is 0.375. The van der Waals surface area contributed by atoms with Crippen LogP contribution in [0, 0.1) is 0 Å². The number of hydrogen-bond donors (Lipinski definition) is 2. The van der Waals surface area contributed by atoms with Gasteiger partial charge in [0.2, 0.25) is 0 Å². The minimum Gasteiger partial charge on any atom is -0.370 e. The Hall–Kier alpha value is -0.700. The smallest absolute Gasteiger partial charge is 0.0748 e. The molecule has 3 heteroatoms. The van der Waals surface area contributed by atoms with Crippen LogP contribution in [0.1, 0.15) is 13.8 Å². The Bertz CT molecular complexity index is 215. The first-order chi connectivity index (χ1) is 5.08. The maximum atomic E-state index is 4.33. The van der Waals surface area contributed by atoms with Crippen LogP contribution in [0.4, 0.5) is 5.69 Å². The summed E-state index contributed by atoms with van der Waals surface area (Å²) in [6, 6.07) is 3.85. The van der Waals surface area contributed by atoms with E-state index in [0.29, 0.717) is 0 Å². The Morgan fingerprint density at radius 3 is 2.73 bits per heavy atom. The molecule has 0 saturated heterocycles. The number of nitrogens with zero attached hydrogens (tertiary/aromatic N) is 1. The van der Waals surface area contributed by atoms with E-state index in [1.165, 1.54) is 0 Å². The molecular formula is C8H12N2S. The molecule has 0 saturated carbocycles. The third-order valence-corrected chi connectivity index (χ3v) is 1.22. The SMILES string of the molecule is CC(C)(S)Nc1cccnc1. The number of nitrogens with one attached hydrogen (secondary N) is 1. The van der Waals surface area contributed by atoms with Crippen LogP contribution >= 0.6 is 12.6 Å². The van der Waals surface area contributed by atoms with Gasteiger partial charge in [0.15, 0.2) is 0 Å². The molecule has 0 radical (unpaired) electrons. The fourth-order valence-corrected chi connectivity index (χ4v) is 0.919. The van der Waals surface area contributed by atoms with Gasteiger partial charge in [-0.25, -0.2) is 0 Å². The van der Waals surface area contributed by atoms with Gasteiger partial charge in [0.25, 0.3) is 0 Å². The standard InChI is InChI=1S/C8H12N2S/c1-8(2,11)10-7-4-3-5-9-6-7/h3-6,10-11H,1-2H3. The van der Waals surface area contributed by atoms with E-state index in [4.69, 9.17) is 0 Å². The summed E-state index contributed by atoms with van der Waals surface area (Å²) in [7, 11) is 0. The quantitative estimate of drug-likeness (QED) is 0.522. The van der Waals surface area contributed by atoms with E-state index in [1.54, 1.807) is 12.4 Å². The molecule has 1 rings (SSSR count). The molecule has 0 atom stereocenters. The number of thiol groups is 1. The van der Waals surface area contributed by atoms with Crippen molar-refractivity contribution in [3.63, 3.8) is 0 Å². The summed E-state index contributed by atoms with van der Waals surface area (Å²) in [5.74, 6) is 0. The van der Waals surface area contributed by atoms with E-state index in [2.05, 4.69) is 22.9 Å². The molecule has 0 amide bonds. The van der Waals surface area contributed by atoms with Crippen LogP contribution in [-0.2, 0) is 0 Å². The van der Waals surface area contributed by atoms with Gasteiger partial charge in [-0.3, -0.25) is 4.98 Å². The summed E-state index contributed by atoms with van der Waals surface area (Å²) in [4.78, 5) is 3.78. The number of anilines is 1. The van der Waals surface area contributed by atoms with E-state index < -0.39 is 0 Å². The summed E-state index contributed by atoms with van der Waals surface area (Å²) in [6.45, 7) is 3.98. The second kappa shape index (κ2) is 3.13. The van der Waals surface area contributed by atoms with E-state index in [9.17, 15) is 0 Å². The zero-order valence-corrected chi connectivity index (χ0v) is 7.60. The van der Waals surface area contributed by atoms with Gasteiger partial charge in [0.1, 0.15) is 0 Å². The first-order valence-electron chi connectivity index (χ1n) is 3.48. The highest BCUT2D eigenvalue weighted by Crippen LogP contribution is 2.15. The van der Waals surface area contributed by atoms with Crippen LogP contribution in [0.5, 0.6) is 0 Å². The molecule has 0 unspecified atom stereocenters. The van der Waals surface area contributed by atoms with Gasteiger partial charge < -0.3 is 5.32 Å². The Morgan fingerprint density at radius 1 is 1.55 bits per heavy atom. The maximum absolute atomic E-state index is 4.33. The van der Waals surface area contributed by atoms with Gasteiger partial charge in [-0.1, -0.05) is 0 Å². The van der Waals surface area contributed by atoms with Crippen molar-refractivity contribution >= 4 is 18.3 Å². The predicted octanol–water partition coefficient (Wildman–Crippen LogP) is 2.16. The second-order valence-corrected chi connectivity index (χ2v) is 4.04. The Kier molecular flexibility index (Phi) is 2.39. The third kappa shape index (κ3) is 3.28. The molecule has 0 aliphatic carbocycles. The van der Waals surface area contributed by atoms with Crippen LogP contribution < -0.4 is 5.32 Å². The molecular weight excluding hydrogens is 156 g/mol. The number of aromatic nitrogens is 1. The largest absolute Gasteiger partial charge is 0.370 e. The zero-order valence-electron chi connectivity index (χ0n) is 6.70. The first-order valence-corrected chi connectivity index (χ1v) is 3.93. The average Bonchev–Trinajstić information content (AvgIpc) is 1.85. The van der Waals surface area contributed by atoms with Crippen LogP contribution in [0.15, 0.2) is 24.5 Å². The van der Waals surface area contributed by atoms with Crippen molar-refractivity contribution in [3.05, 3.63) is 24.5 Å². The zero-order chi connectivity index (χ0) is 8.32. The Morgan fingerprint density at radius 2 is 2.27 bits per heavy atom. The predicted molar refractivity (Wildman–Crippen MR) is 50.9 cm³/mol. The molecule has 2 nitrogen and oxygen atoms in total. The molecule has 0 fully saturated rings. The molecule has 1 heterocycles. The lowest BCUT2D eigenvalue weighted by Crippen LogP contribution is -2.22. The molecule has 0 aliphatic rings. The van der Waals surface area contributed by atoms with Gasteiger partial charge in [0, 0.05) is 12.4 Å². The topological polar surface area (TPSA) is 24.9 Å². The van der Waals surface area contributed by atoms with Crippen molar-refractivity contribution in [2.24, 2.45) is 0 Å². The van der Waals surface area contributed by atoms with Gasteiger partial charge in [-0.05, 0) is 26.0 Å². The molecule has 1 aromatic rings. The Balaban J connectivity index is 2.66. The second-order valence-electron chi connectivity index (χ2n) is 2.93. The van der Waals surface area contributed by atoms with Crippen molar-refractivity contribution < 1.29 is 0 Å². The molecule has 0 spiro atoms. The minimum absolute atomic E-state index is 0.191. The fourth-order valence-electron chi connectivity index (χ4n) is 0.790. The lowest BCUT2D eigenvalue weighted by molar-refractivity contribution is 0.829. The minimum atomic E-state index is -0.191. The summed E-state index contributed by atoms with van der Waals surface area (Å²) in [6.07, 6.45) is 3.52. The molecule has 0 bridgehead atoms. The highest BCUT2D eigenvalue weighted by atomic mass is 32.1. The maximum Gasteiger partial charge on any atom is 0.0748 e. The van der Waals surface area contributed by atoms with Crippen LogP contribution in [0.25, 0.3) is 0 Å². The van der Waals surface area contributed by atoms with Gasteiger partial charge in [-0.2, -0.15) is 12.6 Å². The van der Waals surface area contributed by atoms with Crippen molar-refractivity contribution in [1.82, 2.24) is 4.98 Å². The highest BCUT2D eigenvalue weighted by Gasteiger charge is 2.09. The lowest BCUT2D eigenvalue weighted by atomic mass is 10.3. The van der Waals surface area contributed by atoms with Gasteiger partial charge >= 0.3 is 0 Å². The molecule has 0 aliphatic heterocycles. The van der Waals surface area contributed by atoms with Crippen LogP contribution in [0.3, 0.4) is 0 Å². The third-order valence-electron chi connectivity index (χ3n) is 1.11. The number of hydrogen-bond acceptors (Lipinski definition) is 3. The first kappa shape index (κ1) is 8.40. The molecule has 11 heavy (non-hydrogen) atoms. The average molecular weight is 168 g/mol. The molecule has 1 N–H and O–H groups in total. The molecule has 1 aromatic heterocycles. The van der Waals surface area contributed by atoms with E-state index in [0.717, 1.165) is 5.69 Å². The van der Waals surface area contributed by atoms with Gasteiger partial charge in [0.05, 0.1) is 10.6 Å². The van der Waals surface area contributed by atoms with Crippen molar-refractivity contribution in [2.45, 2.75) is 18.7 Å². The number of rotatable bonds is 2.